The molecule has 1 aromatic heterocycles. The van der Waals surface area contributed by atoms with Crippen LogP contribution < -0.4 is 4.74 Å². The van der Waals surface area contributed by atoms with E-state index < -0.39 is 5.60 Å². The van der Waals surface area contributed by atoms with Gasteiger partial charge in [-0.25, -0.2) is 0 Å². The smallest absolute Gasteiger partial charge is 0.240 e. The number of hydrogen-bond donors (Lipinski definition) is 1. The van der Waals surface area contributed by atoms with Gasteiger partial charge >= 0.3 is 0 Å². The predicted molar refractivity (Wildman–Crippen MR) is 134 cm³/mol. The third kappa shape index (κ3) is 4.99. The maximum absolute atomic E-state index is 11.9. The van der Waals surface area contributed by atoms with Crippen molar-refractivity contribution in [2.75, 3.05) is 13.1 Å². The molecule has 6 nitrogen and oxygen atoms in total. The molecule has 1 aliphatic rings. The van der Waals surface area contributed by atoms with E-state index in [0.717, 1.165) is 31.7 Å². The molecule has 0 radical (unpaired) electrons. The molecule has 0 amide bonds. The van der Waals surface area contributed by atoms with Gasteiger partial charge in [-0.2, -0.15) is 4.98 Å². The summed E-state index contributed by atoms with van der Waals surface area (Å²) in [6.07, 6.45) is 2.23. The van der Waals surface area contributed by atoms with E-state index in [4.69, 9.17) is 9.26 Å². The van der Waals surface area contributed by atoms with Crippen LogP contribution in [0.5, 0.6) is 5.75 Å². The Kier molecular flexibility index (Phi) is 6.93. The van der Waals surface area contributed by atoms with Crippen molar-refractivity contribution in [3.8, 4) is 5.75 Å². The summed E-state index contributed by atoms with van der Waals surface area (Å²) in [5, 5.41) is 16.1. The molecule has 35 heavy (non-hydrogen) atoms. The molecule has 0 spiro atoms. The minimum Gasteiger partial charge on any atom is -0.489 e. The summed E-state index contributed by atoms with van der Waals surface area (Å²) in [6.45, 7) is 4.46. The lowest BCUT2D eigenvalue weighted by Crippen LogP contribution is -2.46. The van der Waals surface area contributed by atoms with E-state index in [1.165, 1.54) is 0 Å². The average Bonchev–Trinajstić information content (AvgIpc) is 3.39. The van der Waals surface area contributed by atoms with Gasteiger partial charge in [-0.15, -0.1) is 0 Å². The van der Waals surface area contributed by atoms with Crippen LogP contribution in [0, 0.1) is 5.92 Å². The standard InChI is InChI=1S/C29H31N3O3/c1-2-22-18-19-32(20-26(22)34-25-16-10-5-11-17-25)21-27-30-28(31-35-27)29(33,23-12-6-3-7-13-23)24-14-8-4-9-15-24/h3-17,22,26,33H,2,18-21H2,1H3/t22?,26-/m0/s1. The van der Waals surface area contributed by atoms with Crippen LogP contribution in [-0.2, 0) is 12.1 Å². The van der Waals surface area contributed by atoms with Crippen LogP contribution in [-0.4, -0.2) is 39.3 Å². The number of aromatic nitrogens is 2. The number of likely N-dealkylation sites (tertiary alicyclic amines) is 1. The molecule has 1 aliphatic heterocycles. The fourth-order valence-corrected chi connectivity index (χ4v) is 4.89. The summed E-state index contributed by atoms with van der Waals surface area (Å²) >= 11 is 0. The Bertz CT molecular complexity index is 1160. The number of aliphatic hydroxyl groups is 1. The van der Waals surface area contributed by atoms with Crippen molar-refractivity contribution < 1.29 is 14.4 Å². The quantitative estimate of drug-likeness (QED) is 0.390. The third-order valence-electron chi connectivity index (χ3n) is 6.87. The SMILES string of the molecule is CCC1CCN(Cc2nc(C(O)(c3ccccc3)c3ccccc3)no2)C[C@@H]1Oc1ccccc1. The lowest BCUT2D eigenvalue weighted by molar-refractivity contribution is 0.0300. The van der Waals surface area contributed by atoms with Crippen molar-refractivity contribution in [1.82, 2.24) is 15.0 Å². The zero-order valence-corrected chi connectivity index (χ0v) is 20.0. The summed E-state index contributed by atoms with van der Waals surface area (Å²) in [5.41, 5.74) is -0.115. The summed E-state index contributed by atoms with van der Waals surface area (Å²) < 4.78 is 12.0. The fraction of sp³-hybridized carbons (Fsp3) is 0.310. The molecule has 6 heteroatoms. The lowest BCUT2D eigenvalue weighted by Gasteiger charge is -2.37. The number of para-hydroxylation sites is 1. The molecule has 1 unspecified atom stereocenters. The molecule has 1 saturated heterocycles. The first-order chi connectivity index (χ1) is 17.2. The van der Waals surface area contributed by atoms with Crippen molar-refractivity contribution in [3.05, 3.63) is 114 Å². The van der Waals surface area contributed by atoms with Crippen LogP contribution in [0.15, 0.2) is 95.5 Å². The van der Waals surface area contributed by atoms with E-state index in [1.54, 1.807) is 0 Å². The topological polar surface area (TPSA) is 71.6 Å². The number of piperidine rings is 1. The van der Waals surface area contributed by atoms with Crippen LogP contribution in [0.4, 0.5) is 0 Å². The molecule has 0 aliphatic carbocycles. The van der Waals surface area contributed by atoms with Crippen molar-refractivity contribution in [2.45, 2.75) is 38.0 Å². The summed E-state index contributed by atoms with van der Waals surface area (Å²) in [7, 11) is 0. The van der Waals surface area contributed by atoms with Gasteiger partial charge < -0.3 is 14.4 Å². The average molecular weight is 470 g/mol. The van der Waals surface area contributed by atoms with Gasteiger partial charge in [0, 0.05) is 6.54 Å². The Hall–Kier alpha value is -3.48. The van der Waals surface area contributed by atoms with Crippen molar-refractivity contribution in [1.29, 1.82) is 0 Å². The van der Waals surface area contributed by atoms with Crippen molar-refractivity contribution in [2.24, 2.45) is 5.92 Å². The van der Waals surface area contributed by atoms with Gasteiger partial charge in [-0.3, -0.25) is 4.90 Å². The predicted octanol–water partition coefficient (Wildman–Crippen LogP) is 5.03. The maximum atomic E-state index is 11.9. The van der Waals surface area contributed by atoms with Crippen LogP contribution in [0.25, 0.3) is 0 Å². The molecular weight excluding hydrogens is 438 g/mol. The van der Waals surface area contributed by atoms with Gasteiger partial charge in [0.2, 0.25) is 11.7 Å². The first-order valence-corrected chi connectivity index (χ1v) is 12.3. The second kappa shape index (κ2) is 10.4. The third-order valence-corrected chi connectivity index (χ3v) is 6.87. The minimum atomic E-state index is -1.50. The molecule has 180 valence electrons. The zero-order valence-electron chi connectivity index (χ0n) is 20.0. The summed E-state index contributed by atoms with van der Waals surface area (Å²) in [6, 6.07) is 28.9. The number of ether oxygens (including phenoxy) is 1. The monoisotopic (exact) mass is 469 g/mol. The summed E-state index contributed by atoms with van der Waals surface area (Å²) in [4.78, 5) is 6.96. The highest BCUT2D eigenvalue weighted by atomic mass is 16.5. The number of benzene rings is 3. The Labute approximate surface area is 206 Å². The second-order valence-electron chi connectivity index (χ2n) is 9.12. The van der Waals surface area contributed by atoms with Crippen molar-refractivity contribution >= 4 is 0 Å². The highest BCUT2D eigenvalue weighted by Gasteiger charge is 2.39. The highest BCUT2D eigenvalue weighted by molar-refractivity contribution is 5.42. The molecule has 3 aromatic carbocycles. The highest BCUT2D eigenvalue weighted by Crippen LogP contribution is 2.35. The lowest BCUT2D eigenvalue weighted by atomic mass is 9.85. The van der Waals surface area contributed by atoms with Crippen LogP contribution in [0.3, 0.4) is 0 Å². The van der Waals surface area contributed by atoms with Crippen LogP contribution >= 0.6 is 0 Å². The molecule has 2 heterocycles. The van der Waals surface area contributed by atoms with Gasteiger partial charge in [-0.05, 0) is 48.6 Å². The van der Waals surface area contributed by atoms with Crippen LogP contribution in [0.2, 0.25) is 0 Å². The Morgan fingerprint density at radius 3 is 2.14 bits per heavy atom. The minimum absolute atomic E-state index is 0.101. The van der Waals surface area contributed by atoms with E-state index >= 15 is 0 Å². The molecular formula is C29H31N3O3. The Morgan fingerprint density at radius 1 is 0.943 bits per heavy atom. The van der Waals surface area contributed by atoms with Gasteiger partial charge in [0.25, 0.3) is 0 Å². The molecule has 1 N–H and O–H groups in total. The largest absolute Gasteiger partial charge is 0.489 e. The first kappa shape index (κ1) is 23.3. The zero-order chi connectivity index (χ0) is 24.1. The molecule has 0 saturated carbocycles. The normalized spacial score (nSPS) is 18.9. The second-order valence-corrected chi connectivity index (χ2v) is 9.12. The van der Waals surface area contributed by atoms with E-state index in [2.05, 4.69) is 22.0 Å². The molecule has 0 bridgehead atoms. The van der Waals surface area contributed by atoms with Gasteiger partial charge in [0.05, 0.1) is 6.54 Å². The summed E-state index contributed by atoms with van der Waals surface area (Å²) in [5.74, 6) is 2.13. The van der Waals surface area contributed by atoms with E-state index in [9.17, 15) is 5.11 Å². The van der Waals surface area contributed by atoms with Crippen LogP contribution in [0.1, 0.15) is 42.6 Å². The van der Waals surface area contributed by atoms with E-state index in [1.807, 2.05) is 91.0 Å². The van der Waals surface area contributed by atoms with E-state index in [0.29, 0.717) is 29.5 Å². The van der Waals surface area contributed by atoms with Gasteiger partial charge in [0.15, 0.2) is 5.60 Å². The Balaban J connectivity index is 1.36. The molecule has 4 aromatic rings. The number of nitrogens with zero attached hydrogens (tertiary/aromatic N) is 3. The maximum Gasteiger partial charge on any atom is 0.240 e. The van der Waals surface area contributed by atoms with Gasteiger partial charge in [-0.1, -0.05) is 90.9 Å². The van der Waals surface area contributed by atoms with Crippen molar-refractivity contribution in [3.63, 3.8) is 0 Å². The molecule has 5 rings (SSSR count). The number of rotatable bonds is 8. The van der Waals surface area contributed by atoms with Gasteiger partial charge in [0.1, 0.15) is 11.9 Å². The molecule has 2 atom stereocenters. The number of hydrogen-bond acceptors (Lipinski definition) is 6. The Morgan fingerprint density at radius 2 is 1.54 bits per heavy atom. The molecule has 1 fully saturated rings. The first-order valence-electron chi connectivity index (χ1n) is 12.3. The van der Waals surface area contributed by atoms with E-state index in [-0.39, 0.29) is 11.9 Å². The fourth-order valence-electron chi connectivity index (χ4n) is 4.89.